The van der Waals surface area contributed by atoms with E-state index in [0.29, 0.717) is 6.04 Å². The molecule has 0 aliphatic heterocycles. The molecule has 0 fully saturated rings. The summed E-state index contributed by atoms with van der Waals surface area (Å²) in [5, 5.41) is 8.70. The Morgan fingerprint density at radius 3 is 2.56 bits per heavy atom. The summed E-state index contributed by atoms with van der Waals surface area (Å²) in [5.41, 5.74) is 2.20. The Balaban J connectivity index is 2.50. The summed E-state index contributed by atoms with van der Waals surface area (Å²) in [7, 11) is 4.04. The fourth-order valence-electron chi connectivity index (χ4n) is 2.39. The largest absolute Gasteiger partial charge is 0.317 e. The van der Waals surface area contributed by atoms with E-state index in [-0.39, 0.29) is 0 Å². The standard InChI is InChI=1S/C14H26ClN3/c1-5-8-11(16-3)9-7-10-13-14(15)12(6-2)17-18(13)4/h11,16H,5-10H2,1-4H3. The van der Waals surface area contributed by atoms with E-state index in [1.165, 1.54) is 25.0 Å². The fourth-order valence-corrected chi connectivity index (χ4v) is 2.78. The lowest BCUT2D eigenvalue weighted by Gasteiger charge is -2.14. The van der Waals surface area contributed by atoms with E-state index in [4.69, 9.17) is 11.6 Å². The van der Waals surface area contributed by atoms with Gasteiger partial charge in [-0.3, -0.25) is 4.68 Å². The van der Waals surface area contributed by atoms with Crippen LogP contribution in [-0.2, 0) is 19.9 Å². The van der Waals surface area contributed by atoms with Gasteiger partial charge in [0.1, 0.15) is 0 Å². The van der Waals surface area contributed by atoms with Crippen LogP contribution in [0.5, 0.6) is 0 Å². The number of hydrogen-bond donors (Lipinski definition) is 1. The van der Waals surface area contributed by atoms with Crippen LogP contribution in [0.4, 0.5) is 0 Å². The van der Waals surface area contributed by atoms with E-state index in [2.05, 4.69) is 24.3 Å². The molecule has 0 amide bonds. The molecule has 0 spiro atoms. The molecule has 1 aromatic rings. The summed E-state index contributed by atoms with van der Waals surface area (Å²) >= 11 is 6.34. The number of halogens is 1. The maximum Gasteiger partial charge on any atom is 0.0849 e. The number of aromatic nitrogens is 2. The summed E-state index contributed by atoms with van der Waals surface area (Å²) in [5.74, 6) is 0. The van der Waals surface area contributed by atoms with Gasteiger partial charge in [0.15, 0.2) is 0 Å². The summed E-state index contributed by atoms with van der Waals surface area (Å²) in [6.07, 6.45) is 6.76. The Kier molecular flexibility index (Phi) is 6.72. The topological polar surface area (TPSA) is 29.9 Å². The van der Waals surface area contributed by atoms with Crippen molar-refractivity contribution < 1.29 is 0 Å². The monoisotopic (exact) mass is 271 g/mol. The highest BCUT2D eigenvalue weighted by Gasteiger charge is 2.13. The van der Waals surface area contributed by atoms with Crippen LogP contribution < -0.4 is 5.32 Å². The van der Waals surface area contributed by atoms with Gasteiger partial charge in [-0.25, -0.2) is 0 Å². The van der Waals surface area contributed by atoms with Crippen LogP contribution in [0.15, 0.2) is 0 Å². The van der Waals surface area contributed by atoms with Crippen LogP contribution in [0.2, 0.25) is 5.02 Å². The molecule has 0 aliphatic carbocycles. The maximum absolute atomic E-state index is 6.34. The third kappa shape index (κ3) is 3.99. The van der Waals surface area contributed by atoms with Crippen molar-refractivity contribution >= 4 is 11.6 Å². The lowest BCUT2D eigenvalue weighted by molar-refractivity contribution is 0.466. The van der Waals surface area contributed by atoms with E-state index in [1.807, 2.05) is 18.8 Å². The Morgan fingerprint density at radius 2 is 2.06 bits per heavy atom. The lowest BCUT2D eigenvalue weighted by Crippen LogP contribution is -2.24. The van der Waals surface area contributed by atoms with Crippen molar-refractivity contribution in [2.45, 2.75) is 58.4 Å². The molecule has 4 heteroatoms. The lowest BCUT2D eigenvalue weighted by atomic mass is 10.0. The molecule has 0 saturated heterocycles. The normalized spacial score (nSPS) is 12.9. The fraction of sp³-hybridized carbons (Fsp3) is 0.786. The average molecular weight is 272 g/mol. The minimum absolute atomic E-state index is 0.632. The van der Waals surface area contributed by atoms with E-state index in [1.54, 1.807) is 0 Å². The summed E-state index contributed by atoms with van der Waals surface area (Å²) in [6, 6.07) is 0.632. The van der Waals surface area contributed by atoms with Crippen LogP contribution in [-0.4, -0.2) is 22.9 Å². The molecule has 1 rings (SSSR count). The molecule has 1 heterocycles. The first kappa shape index (κ1) is 15.5. The molecule has 18 heavy (non-hydrogen) atoms. The third-order valence-corrected chi connectivity index (χ3v) is 3.95. The predicted octanol–water partition coefficient (Wildman–Crippen LogP) is 3.35. The van der Waals surface area contributed by atoms with E-state index >= 15 is 0 Å². The second-order valence-electron chi connectivity index (χ2n) is 4.85. The minimum atomic E-state index is 0.632. The van der Waals surface area contributed by atoms with Gasteiger partial charge in [0.25, 0.3) is 0 Å². The molecule has 1 atom stereocenters. The first-order valence-corrected chi connectivity index (χ1v) is 7.39. The second-order valence-corrected chi connectivity index (χ2v) is 5.23. The SMILES string of the molecule is CCCC(CCCc1c(Cl)c(CC)nn1C)NC. The predicted molar refractivity (Wildman–Crippen MR) is 78.3 cm³/mol. The first-order valence-electron chi connectivity index (χ1n) is 7.01. The number of nitrogens with zero attached hydrogens (tertiary/aromatic N) is 2. The van der Waals surface area contributed by atoms with E-state index in [9.17, 15) is 0 Å². The van der Waals surface area contributed by atoms with Gasteiger partial charge >= 0.3 is 0 Å². The number of rotatable bonds is 8. The van der Waals surface area contributed by atoms with Gasteiger partial charge in [-0.05, 0) is 39.2 Å². The van der Waals surface area contributed by atoms with Gasteiger partial charge < -0.3 is 5.32 Å². The molecule has 1 unspecified atom stereocenters. The zero-order valence-electron chi connectivity index (χ0n) is 12.1. The quantitative estimate of drug-likeness (QED) is 0.786. The van der Waals surface area contributed by atoms with Crippen molar-refractivity contribution in [3.8, 4) is 0 Å². The average Bonchev–Trinajstić information content (AvgIpc) is 2.64. The summed E-state index contributed by atoms with van der Waals surface area (Å²) in [6.45, 7) is 4.33. The Bertz CT molecular complexity index is 360. The van der Waals surface area contributed by atoms with Gasteiger partial charge in [0.2, 0.25) is 0 Å². The van der Waals surface area contributed by atoms with Crippen LogP contribution >= 0.6 is 11.6 Å². The Morgan fingerprint density at radius 1 is 1.33 bits per heavy atom. The molecule has 1 aromatic heterocycles. The number of nitrogens with one attached hydrogen (secondary N) is 1. The number of hydrogen-bond acceptors (Lipinski definition) is 2. The minimum Gasteiger partial charge on any atom is -0.317 e. The molecule has 0 saturated carbocycles. The number of aryl methyl sites for hydroxylation is 2. The summed E-state index contributed by atoms with van der Waals surface area (Å²) in [4.78, 5) is 0. The van der Waals surface area contributed by atoms with Crippen LogP contribution in [0.1, 0.15) is 50.9 Å². The highest BCUT2D eigenvalue weighted by atomic mass is 35.5. The van der Waals surface area contributed by atoms with Crippen LogP contribution in [0.3, 0.4) is 0 Å². The molecular weight excluding hydrogens is 246 g/mol. The summed E-state index contributed by atoms with van der Waals surface area (Å²) < 4.78 is 1.94. The maximum atomic E-state index is 6.34. The highest BCUT2D eigenvalue weighted by molar-refractivity contribution is 6.31. The third-order valence-electron chi connectivity index (χ3n) is 3.51. The van der Waals surface area contributed by atoms with Crippen LogP contribution in [0, 0.1) is 0 Å². The molecule has 0 aromatic carbocycles. The van der Waals surface area contributed by atoms with Gasteiger partial charge in [-0.1, -0.05) is 31.9 Å². The molecule has 0 bridgehead atoms. The molecule has 0 aliphatic rings. The smallest absolute Gasteiger partial charge is 0.0849 e. The van der Waals surface area contributed by atoms with E-state index in [0.717, 1.165) is 30.0 Å². The van der Waals surface area contributed by atoms with E-state index < -0.39 is 0 Å². The van der Waals surface area contributed by atoms with Crippen molar-refractivity contribution in [2.24, 2.45) is 7.05 Å². The first-order chi connectivity index (χ1) is 8.63. The van der Waals surface area contributed by atoms with Crippen molar-refractivity contribution in [2.75, 3.05) is 7.05 Å². The van der Waals surface area contributed by atoms with Crippen LogP contribution in [0.25, 0.3) is 0 Å². The van der Waals surface area contributed by atoms with Gasteiger partial charge in [0, 0.05) is 13.1 Å². The van der Waals surface area contributed by atoms with Gasteiger partial charge in [-0.2, -0.15) is 5.10 Å². The molecular formula is C14H26ClN3. The zero-order valence-corrected chi connectivity index (χ0v) is 12.8. The van der Waals surface area contributed by atoms with Gasteiger partial charge in [0.05, 0.1) is 16.4 Å². The molecule has 1 N–H and O–H groups in total. The molecule has 3 nitrogen and oxygen atoms in total. The van der Waals surface area contributed by atoms with Crippen molar-refractivity contribution in [3.63, 3.8) is 0 Å². The second kappa shape index (κ2) is 7.80. The highest BCUT2D eigenvalue weighted by Crippen LogP contribution is 2.22. The van der Waals surface area contributed by atoms with Crippen molar-refractivity contribution in [3.05, 3.63) is 16.4 Å². The molecule has 0 radical (unpaired) electrons. The van der Waals surface area contributed by atoms with Crippen molar-refractivity contribution in [1.29, 1.82) is 0 Å². The Hall–Kier alpha value is -0.540. The Labute approximate surface area is 116 Å². The molecule has 104 valence electrons. The van der Waals surface area contributed by atoms with Gasteiger partial charge in [-0.15, -0.1) is 0 Å². The zero-order chi connectivity index (χ0) is 13.5. The van der Waals surface area contributed by atoms with Crippen molar-refractivity contribution in [1.82, 2.24) is 15.1 Å².